The summed E-state index contributed by atoms with van der Waals surface area (Å²) in [5.74, 6) is 0.875. The topological polar surface area (TPSA) is 35.2 Å². The molecule has 82 valence electrons. The van der Waals surface area contributed by atoms with Crippen LogP contribution in [0.4, 0.5) is 5.69 Å². The fraction of sp³-hybridized carbons (Fsp3) is 0.0769. The van der Waals surface area contributed by atoms with E-state index in [4.69, 9.17) is 10.5 Å². The predicted molar refractivity (Wildman–Crippen MR) is 68.0 cm³/mol. The Morgan fingerprint density at radius 3 is 2.44 bits per heavy atom. The van der Waals surface area contributed by atoms with Gasteiger partial charge in [-0.3, -0.25) is 0 Å². The Kier molecular flexibility index (Phi) is 3.37. The van der Waals surface area contributed by atoms with Crippen molar-refractivity contribution in [3.63, 3.8) is 0 Å². The number of hydrogen-bond donors (Lipinski definition) is 1. The molecule has 0 saturated carbocycles. The highest BCUT2D eigenvalue weighted by atomic mass is 32.2. The Morgan fingerprint density at radius 2 is 1.75 bits per heavy atom. The van der Waals surface area contributed by atoms with E-state index in [9.17, 15) is 0 Å². The number of anilines is 1. The van der Waals surface area contributed by atoms with Crippen molar-refractivity contribution in [2.24, 2.45) is 0 Å². The van der Waals surface area contributed by atoms with Crippen molar-refractivity contribution in [3.8, 4) is 5.75 Å². The van der Waals surface area contributed by atoms with Crippen LogP contribution in [0.2, 0.25) is 0 Å². The quantitative estimate of drug-likeness (QED) is 0.822. The molecule has 0 amide bonds. The molecule has 0 radical (unpaired) electrons. The van der Waals surface area contributed by atoms with Gasteiger partial charge in [-0.05, 0) is 42.5 Å². The Labute approximate surface area is 99.4 Å². The fourth-order valence-corrected chi connectivity index (χ4v) is 2.20. The second kappa shape index (κ2) is 4.94. The Morgan fingerprint density at radius 1 is 1.00 bits per heavy atom. The molecular weight excluding hydrogens is 218 g/mol. The zero-order valence-electron chi connectivity index (χ0n) is 9.01. The van der Waals surface area contributed by atoms with E-state index in [0.717, 1.165) is 16.3 Å². The third-order valence-electron chi connectivity index (χ3n) is 2.16. The monoisotopic (exact) mass is 231 g/mol. The summed E-state index contributed by atoms with van der Waals surface area (Å²) in [5, 5.41) is 0. The van der Waals surface area contributed by atoms with Crippen LogP contribution in [-0.2, 0) is 0 Å². The van der Waals surface area contributed by atoms with E-state index in [-0.39, 0.29) is 0 Å². The van der Waals surface area contributed by atoms with Gasteiger partial charge < -0.3 is 10.5 Å². The smallest absolute Gasteiger partial charge is 0.119 e. The van der Waals surface area contributed by atoms with Crippen LogP contribution in [0.1, 0.15) is 0 Å². The van der Waals surface area contributed by atoms with Crippen molar-refractivity contribution in [1.82, 2.24) is 0 Å². The summed E-state index contributed by atoms with van der Waals surface area (Å²) in [5.41, 5.74) is 6.42. The van der Waals surface area contributed by atoms with Gasteiger partial charge >= 0.3 is 0 Å². The maximum Gasteiger partial charge on any atom is 0.119 e. The molecule has 0 spiro atoms. The summed E-state index contributed by atoms with van der Waals surface area (Å²) in [7, 11) is 1.67. The van der Waals surface area contributed by atoms with Crippen LogP contribution in [0, 0.1) is 0 Å². The third-order valence-corrected chi connectivity index (χ3v) is 3.15. The van der Waals surface area contributed by atoms with Crippen LogP contribution >= 0.6 is 11.8 Å². The first-order valence-corrected chi connectivity index (χ1v) is 5.77. The van der Waals surface area contributed by atoms with Crippen molar-refractivity contribution >= 4 is 17.4 Å². The van der Waals surface area contributed by atoms with E-state index in [1.165, 1.54) is 4.90 Å². The summed E-state index contributed by atoms with van der Waals surface area (Å²) in [6, 6.07) is 15.8. The largest absolute Gasteiger partial charge is 0.497 e. The summed E-state index contributed by atoms with van der Waals surface area (Å²) in [6.45, 7) is 0. The molecule has 2 aromatic rings. The molecule has 0 unspecified atom stereocenters. The highest BCUT2D eigenvalue weighted by Crippen LogP contribution is 2.30. The lowest BCUT2D eigenvalue weighted by Gasteiger charge is -2.04. The second-order valence-corrected chi connectivity index (χ2v) is 4.50. The van der Waals surface area contributed by atoms with Crippen molar-refractivity contribution in [1.29, 1.82) is 0 Å². The molecule has 0 saturated heterocycles. The summed E-state index contributed by atoms with van der Waals surface area (Å²) < 4.78 is 5.18. The van der Waals surface area contributed by atoms with Gasteiger partial charge in [-0.25, -0.2) is 0 Å². The summed E-state index contributed by atoms with van der Waals surface area (Å²) >= 11 is 1.69. The summed E-state index contributed by atoms with van der Waals surface area (Å²) in [4.78, 5) is 2.33. The van der Waals surface area contributed by atoms with E-state index in [1.54, 1.807) is 18.9 Å². The van der Waals surface area contributed by atoms with Gasteiger partial charge in [-0.15, -0.1) is 0 Å². The van der Waals surface area contributed by atoms with Gasteiger partial charge in [-0.1, -0.05) is 17.8 Å². The zero-order chi connectivity index (χ0) is 11.4. The Hall–Kier alpha value is -1.61. The van der Waals surface area contributed by atoms with Gasteiger partial charge in [0, 0.05) is 15.5 Å². The lowest BCUT2D eigenvalue weighted by Crippen LogP contribution is -1.83. The molecule has 0 heterocycles. The maximum atomic E-state index is 5.64. The standard InChI is InChI=1S/C13H13NOS/c1-15-11-3-2-4-13(9-11)16-12-7-5-10(14)6-8-12/h2-9H,14H2,1H3. The van der Waals surface area contributed by atoms with Crippen LogP contribution in [0.25, 0.3) is 0 Å². The number of nitrogen functional groups attached to an aromatic ring is 1. The molecule has 2 aromatic carbocycles. The normalized spacial score (nSPS) is 10.1. The first kappa shape index (κ1) is 10.9. The SMILES string of the molecule is COc1cccc(Sc2ccc(N)cc2)c1. The molecule has 0 atom stereocenters. The molecule has 2 nitrogen and oxygen atoms in total. The molecule has 0 aliphatic rings. The molecule has 0 aromatic heterocycles. The highest BCUT2D eigenvalue weighted by Gasteiger charge is 1.98. The van der Waals surface area contributed by atoms with Gasteiger partial charge in [0.2, 0.25) is 0 Å². The predicted octanol–water partition coefficient (Wildman–Crippen LogP) is 3.43. The van der Waals surface area contributed by atoms with Crippen molar-refractivity contribution in [2.75, 3.05) is 12.8 Å². The van der Waals surface area contributed by atoms with Crippen LogP contribution < -0.4 is 10.5 Å². The van der Waals surface area contributed by atoms with Gasteiger partial charge in [-0.2, -0.15) is 0 Å². The minimum Gasteiger partial charge on any atom is -0.497 e. The molecule has 2 N–H and O–H groups in total. The maximum absolute atomic E-state index is 5.64. The molecule has 3 heteroatoms. The average molecular weight is 231 g/mol. The number of benzene rings is 2. The molecular formula is C13H13NOS. The number of ether oxygens (including phenoxy) is 1. The molecule has 0 bridgehead atoms. The number of methoxy groups -OCH3 is 1. The van der Waals surface area contributed by atoms with E-state index < -0.39 is 0 Å². The van der Waals surface area contributed by atoms with E-state index >= 15 is 0 Å². The Balaban J connectivity index is 2.16. The van der Waals surface area contributed by atoms with Crippen LogP contribution in [-0.4, -0.2) is 7.11 Å². The zero-order valence-corrected chi connectivity index (χ0v) is 9.83. The minimum atomic E-state index is 0.787. The number of rotatable bonds is 3. The lowest BCUT2D eigenvalue weighted by molar-refractivity contribution is 0.413. The lowest BCUT2D eigenvalue weighted by atomic mass is 10.3. The molecule has 16 heavy (non-hydrogen) atoms. The molecule has 2 rings (SSSR count). The van der Waals surface area contributed by atoms with E-state index in [0.29, 0.717) is 0 Å². The van der Waals surface area contributed by atoms with E-state index in [1.807, 2.05) is 42.5 Å². The van der Waals surface area contributed by atoms with Gasteiger partial charge in [0.05, 0.1) is 7.11 Å². The van der Waals surface area contributed by atoms with Crippen LogP contribution in [0.3, 0.4) is 0 Å². The second-order valence-electron chi connectivity index (χ2n) is 3.35. The molecule has 0 aliphatic carbocycles. The van der Waals surface area contributed by atoms with Crippen molar-refractivity contribution < 1.29 is 4.74 Å². The van der Waals surface area contributed by atoms with Gasteiger partial charge in [0.25, 0.3) is 0 Å². The Bertz CT molecular complexity index is 468. The number of hydrogen-bond acceptors (Lipinski definition) is 3. The van der Waals surface area contributed by atoms with Crippen LogP contribution in [0.5, 0.6) is 5.75 Å². The molecule has 0 fully saturated rings. The van der Waals surface area contributed by atoms with Gasteiger partial charge in [0.15, 0.2) is 0 Å². The first-order valence-electron chi connectivity index (χ1n) is 4.95. The van der Waals surface area contributed by atoms with Crippen LogP contribution in [0.15, 0.2) is 58.3 Å². The first-order chi connectivity index (χ1) is 7.78. The summed E-state index contributed by atoms with van der Waals surface area (Å²) in [6.07, 6.45) is 0. The molecule has 0 aliphatic heterocycles. The minimum absolute atomic E-state index is 0.787. The van der Waals surface area contributed by atoms with Crippen molar-refractivity contribution in [3.05, 3.63) is 48.5 Å². The fourth-order valence-electron chi connectivity index (χ4n) is 1.34. The van der Waals surface area contributed by atoms with Crippen molar-refractivity contribution in [2.45, 2.75) is 9.79 Å². The third kappa shape index (κ3) is 2.70. The average Bonchev–Trinajstić information content (AvgIpc) is 2.32. The number of nitrogens with two attached hydrogens (primary N) is 1. The van der Waals surface area contributed by atoms with E-state index in [2.05, 4.69) is 6.07 Å². The van der Waals surface area contributed by atoms with Gasteiger partial charge in [0.1, 0.15) is 5.75 Å². The highest BCUT2D eigenvalue weighted by molar-refractivity contribution is 7.99.